The van der Waals surface area contributed by atoms with E-state index < -0.39 is 0 Å². The molecule has 2 heterocycles. The van der Waals surface area contributed by atoms with Gasteiger partial charge in [-0.25, -0.2) is 20.3 Å². The van der Waals surface area contributed by atoms with Gasteiger partial charge in [0.1, 0.15) is 0 Å². The van der Waals surface area contributed by atoms with Crippen molar-refractivity contribution in [2.75, 3.05) is 11.6 Å². The Hall–Kier alpha value is -4.50. The summed E-state index contributed by atoms with van der Waals surface area (Å²) in [6.07, 6.45) is 0.589. The summed E-state index contributed by atoms with van der Waals surface area (Å²) in [5.74, 6) is 5.40. The van der Waals surface area contributed by atoms with E-state index in [1.807, 2.05) is 35.3 Å². The average molecular weight is 496 g/mol. The van der Waals surface area contributed by atoms with Crippen LogP contribution >= 0.6 is 0 Å². The molecule has 4 aromatic rings. The van der Waals surface area contributed by atoms with Crippen molar-refractivity contribution in [3.05, 3.63) is 117 Å². The van der Waals surface area contributed by atoms with Gasteiger partial charge < -0.3 is 0 Å². The van der Waals surface area contributed by atoms with Crippen LogP contribution in [-0.4, -0.2) is 32.5 Å². The molecule has 188 valence electrons. The minimum Gasteiger partial charge on any atom is -0.290 e. The molecule has 37 heavy (non-hydrogen) atoms. The van der Waals surface area contributed by atoms with Gasteiger partial charge in [0, 0.05) is 18.5 Å². The monoisotopic (exact) mass is 495 g/mol. The number of hydrogen-bond donors (Lipinski definition) is 2. The molecule has 9 nitrogen and oxygen atoms in total. The molecule has 0 saturated heterocycles. The molecule has 0 bridgehead atoms. The number of carbonyl (C=O) groups is 1. The molecule has 0 saturated carbocycles. The Morgan fingerprint density at radius 2 is 1.73 bits per heavy atom. The van der Waals surface area contributed by atoms with Crippen molar-refractivity contribution in [1.82, 2.24) is 19.8 Å². The molecule has 0 spiro atoms. The minimum atomic E-state index is -0.345. The third-order valence-electron chi connectivity index (χ3n) is 6.67. The maximum atomic E-state index is 13.0. The predicted molar refractivity (Wildman–Crippen MR) is 144 cm³/mol. The molecule has 3 N–H and O–H groups in total. The topological polar surface area (TPSA) is 111 Å². The number of hydrogen-bond acceptors (Lipinski definition) is 6. The highest BCUT2D eigenvalue weighted by atomic mass is 16.2. The quantitative estimate of drug-likeness (QED) is 0.233. The molecule has 1 aliphatic rings. The number of nitrogen functional groups attached to an aromatic ring is 1. The number of nitrogens with zero attached hydrogens (tertiary/aromatic N) is 5. The van der Waals surface area contributed by atoms with Crippen LogP contribution in [0, 0.1) is 6.92 Å². The molecule has 0 unspecified atom stereocenters. The van der Waals surface area contributed by atoms with Gasteiger partial charge in [0.05, 0.1) is 18.8 Å². The molecule has 5 rings (SSSR count). The second-order valence-corrected chi connectivity index (χ2v) is 9.18. The standard InChI is InChI=1S/C28H29N7O2/c1-19-8-12-22(13-9-19)25-24(21-6-4-3-5-7-21)18-35(31-25)27-32-34(28(37)33(27)2)17-16-20-10-14-23(15-11-20)26(36)30-29/h3-15,24H,16-18,29H2,1-2H3,(H,30,36)/t24-/m0/s1. The van der Waals surface area contributed by atoms with Crippen molar-refractivity contribution in [3.63, 3.8) is 0 Å². The van der Waals surface area contributed by atoms with Gasteiger partial charge in [0.25, 0.3) is 5.91 Å². The number of rotatable bonds is 7. The molecule has 1 aliphatic heterocycles. The third kappa shape index (κ3) is 4.94. The zero-order valence-corrected chi connectivity index (χ0v) is 20.8. The number of benzene rings is 3. The van der Waals surface area contributed by atoms with Crippen LogP contribution in [0.15, 0.2) is 88.8 Å². The first-order valence-corrected chi connectivity index (χ1v) is 12.2. The molecular formula is C28H29N7O2. The summed E-state index contributed by atoms with van der Waals surface area (Å²) in [5, 5.41) is 11.4. The van der Waals surface area contributed by atoms with Crippen LogP contribution in [0.2, 0.25) is 0 Å². The number of anilines is 1. The second kappa shape index (κ2) is 10.2. The number of hydrazine groups is 1. The summed E-state index contributed by atoms with van der Waals surface area (Å²) in [4.78, 5) is 24.7. The van der Waals surface area contributed by atoms with E-state index >= 15 is 0 Å². The molecule has 0 fully saturated rings. The van der Waals surface area contributed by atoms with Crippen molar-refractivity contribution < 1.29 is 4.79 Å². The van der Waals surface area contributed by atoms with Gasteiger partial charge in [0.15, 0.2) is 0 Å². The van der Waals surface area contributed by atoms with Crippen LogP contribution in [0.4, 0.5) is 5.95 Å². The smallest absolute Gasteiger partial charge is 0.290 e. The molecule has 1 amide bonds. The van der Waals surface area contributed by atoms with Crippen molar-refractivity contribution in [1.29, 1.82) is 0 Å². The maximum absolute atomic E-state index is 13.0. The number of nitrogens with two attached hydrogens (primary N) is 1. The zero-order valence-electron chi connectivity index (χ0n) is 20.8. The third-order valence-corrected chi connectivity index (χ3v) is 6.67. The lowest BCUT2D eigenvalue weighted by molar-refractivity contribution is 0.0953. The molecule has 3 aromatic carbocycles. The maximum Gasteiger partial charge on any atom is 0.347 e. The van der Waals surface area contributed by atoms with E-state index in [4.69, 9.17) is 10.9 Å². The Balaban J connectivity index is 1.40. The van der Waals surface area contributed by atoms with Gasteiger partial charge in [-0.2, -0.15) is 5.10 Å². The van der Waals surface area contributed by atoms with E-state index in [-0.39, 0.29) is 17.5 Å². The van der Waals surface area contributed by atoms with Crippen molar-refractivity contribution in [3.8, 4) is 0 Å². The fraction of sp³-hybridized carbons (Fsp3) is 0.214. The van der Waals surface area contributed by atoms with E-state index in [1.54, 1.807) is 19.2 Å². The SMILES string of the molecule is Cc1ccc(C2=NN(c3nn(CCc4ccc(C(=O)NN)cc4)c(=O)n3C)C[C@H]2c2ccccc2)cc1. The summed E-state index contributed by atoms with van der Waals surface area (Å²) in [7, 11) is 1.72. The predicted octanol–water partition coefficient (Wildman–Crippen LogP) is 2.74. The van der Waals surface area contributed by atoms with E-state index in [9.17, 15) is 9.59 Å². The lowest BCUT2D eigenvalue weighted by Crippen LogP contribution is -2.29. The van der Waals surface area contributed by atoms with Crippen LogP contribution in [0.1, 0.15) is 38.5 Å². The van der Waals surface area contributed by atoms with Crippen LogP contribution in [-0.2, 0) is 20.0 Å². The number of aromatic nitrogens is 3. The number of amides is 1. The number of aryl methyl sites for hydroxylation is 3. The largest absolute Gasteiger partial charge is 0.347 e. The highest BCUT2D eigenvalue weighted by molar-refractivity contribution is 6.07. The second-order valence-electron chi connectivity index (χ2n) is 9.18. The molecular weight excluding hydrogens is 466 g/mol. The zero-order chi connectivity index (χ0) is 25.9. The van der Waals surface area contributed by atoms with Crippen LogP contribution in [0.25, 0.3) is 0 Å². The van der Waals surface area contributed by atoms with Crippen molar-refractivity contribution in [2.24, 2.45) is 18.0 Å². The first-order chi connectivity index (χ1) is 17.9. The Labute approximate surface area is 214 Å². The normalized spacial score (nSPS) is 15.1. The molecule has 0 radical (unpaired) electrons. The van der Waals surface area contributed by atoms with Crippen LogP contribution < -0.4 is 22.0 Å². The van der Waals surface area contributed by atoms with E-state index in [1.165, 1.54) is 20.4 Å². The van der Waals surface area contributed by atoms with E-state index in [0.29, 0.717) is 31.0 Å². The Kier molecular flexibility index (Phi) is 6.70. The molecule has 1 atom stereocenters. The first kappa shape index (κ1) is 24.2. The van der Waals surface area contributed by atoms with Gasteiger partial charge in [-0.3, -0.25) is 14.8 Å². The van der Waals surface area contributed by atoms with Gasteiger partial charge in [-0.15, -0.1) is 5.10 Å². The van der Waals surface area contributed by atoms with Gasteiger partial charge in [0.2, 0.25) is 5.95 Å². The van der Waals surface area contributed by atoms with Gasteiger partial charge in [-0.05, 0) is 42.2 Å². The highest BCUT2D eigenvalue weighted by Crippen LogP contribution is 2.30. The number of nitrogens with one attached hydrogen (secondary N) is 1. The molecule has 9 heteroatoms. The van der Waals surface area contributed by atoms with Crippen molar-refractivity contribution >= 4 is 17.6 Å². The summed E-state index contributed by atoms with van der Waals surface area (Å²) in [6, 6.07) is 25.8. The van der Waals surface area contributed by atoms with E-state index in [0.717, 1.165) is 16.8 Å². The summed E-state index contributed by atoms with van der Waals surface area (Å²) in [6.45, 7) is 3.05. The van der Waals surface area contributed by atoms with Crippen LogP contribution in [0.3, 0.4) is 0 Å². The Morgan fingerprint density at radius 1 is 1.03 bits per heavy atom. The number of carbonyl (C=O) groups excluding carboxylic acids is 1. The molecule has 1 aromatic heterocycles. The van der Waals surface area contributed by atoms with Crippen molar-refractivity contribution in [2.45, 2.75) is 25.8 Å². The average Bonchev–Trinajstić information content (AvgIpc) is 3.49. The lowest BCUT2D eigenvalue weighted by Gasteiger charge is -2.15. The van der Waals surface area contributed by atoms with Gasteiger partial charge >= 0.3 is 5.69 Å². The first-order valence-electron chi connectivity index (χ1n) is 12.2. The highest BCUT2D eigenvalue weighted by Gasteiger charge is 2.32. The Bertz CT molecular complexity index is 1490. The fourth-order valence-corrected chi connectivity index (χ4v) is 4.55. The minimum absolute atomic E-state index is 0.0494. The van der Waals surface area contributed by atoms with E-state index in [2.05, 4.69) is 53.8 Å². The summed E-state index contributed by atoms with van der Waals surface area (Å²) >= 11 is 0. The number of hydrazone groups is 1. The van der Waals surface area contributed by atoms with Gasteiger partial charge in [-0.1, -0.05) is 72.3 Å². The summed E-state index contributed by atoms with van der Waals surface area (Å²) < 4.78 is 3.01. The Morgan fingerprint density at radius 3 is 2.41 bits per heavy atom. The summed E-state index contributed by atoms with van der Waals surface area (Å²) in [5.41, 5.74) is 7.74. The molecule has 0 aliphatic carbocycles. The fourth-order valence-electron chi connectivity index (χ4n) is 4.55. The lowest BCUT2D eigenvalue weighted by atomic mass is 9.90. The van der Waals surface area contributed by atoms with Crippen LogP contribution in [0.5, 0.6) is 0 Å².